The van der Waals surface area contributed by atoms with Gasteiger partial charge >= 0.3 is 0 Å². The third kappa shape index (κ3) is 3.26. The van der Waals surface area contributed by atoms with Crippen LogP contribution in [-0.4, -0.2) is 12.2 Å². The van der Waals surface area contributed by atoms with Crippen molar-refractivity contribution < 1.29 is 4.79 Å². The molecule has 5 heteroatoms. The Balaban J connectivity index is 3.07. The molecule has 0 saturated carbocycles. The molecule has 0 atom stereocenters. The van der Waals surface area contributed by atoms with E-state index >= 15 is 0 Å². The Morgan fingerprint density at radius 2 is 2.12 bits per heavy atom. The molecule has 0 aliphatic heterocycles. The Kier molecular flexibility index (Phi) is 4.61. The SMILES string of the molecule is CSc1ccccc1NC(C)=C(C#N)C(N)=O. The largest absolute Gasteiger partial charge is 0.365 e. The van der Waals surface area contributed by atoms with Crippen LogP contribution in [0.15, 0.2) is 40.4 Å². The molecular formula is C12H13N3OS. The first-order valence-electron chi connectivity index (χ1n) is 4.91. The van der Waals surface area contributed by atoms with Crippen molar-refractivity contribution in [2.45, 2.75) is 11.8 Å². The zero-order valence-electron chi connectivity index (χ0n) is 9.65. The van der Waals surface area contributed by atoms with E-state index in [1.807, 2.05) is 30.5 Å². The molecule has 1 amide bonds. The van der Waals surface area contributed by atoms with E-state index in [1.54, 1.807) is 24.8 Å². The lowest BCUT2D eigenvalue weighted by atomic mass is 10.2. The number of rotatable bonds is 4. The number of para-hydroxylation sites is 1. The summed E-state index contributed by atoms with van der Waals surface area (Å²) in [6, 6.07) is 9.44. The number of nitrogens with two attached hydrogens (primary N) is 1. The number of nitrogens with zero attached hydrogens (tertiary/aromatic N) is 1. The Morgan fingerprint density at radius 3 is 2.65 bits per heavy atom. The van der Waals surface area contributed by atoms with Crippen molar-refractivity contribution in [1.82, 2.24) is 0 Å². The van der Waals surface area contributed by atoms with Gasteiger partial charge in [-0.1, -0.05) is 12.1 Å². The predicted octanol–water partition coefficient (Wildman–Crippen LogP) is 2.10. The van der Waals surface area contributed by atoms with Crippen molar-refractivity contribution >= 4 is 23.4 Å². The second-order valence-corrected chi connectivity index (χ2v) is 4.15. The average molecular weight is 247 g/mol. The Labute approximate surface area is 104 Å². The minimum Gasteiger partial charge on any atom is -0.365 e. The Bertz CT molecular complexity index is 503. The second kappa shape index (κ2) is 5.97. The van der Waals surface area contributed by atoms with Crippen molar-refractivity contribution in [3.05, 3.63) is 35.5 Å². The molecule has 0 heterocycles. The van der Waals surface area contributed by atoms with Crippen LogP contribution in [0.5, 0.6) is 0 Å². The normalized spacial score (nSPS) is 11.4. The van der Waals surface area contributed by atoms with E-state index in [0.717, 1.165) is 10.6 Å². The first-order chi connectivity index (χ1) is 8.10. The Hall–Kier alpha value is -1.93. The highest BCUT2D eigenvalue weighted by Gasteiger charge is 2.09. The summed E-state index contributed by atoms with van der Waals surface area (Å²) in [6.07, 6.45) is 1.96. The lowest BCUT2D eigenvalue weighted by Gasteiger charge is -2.11. The summed E-state index contributed by atoms with van der Waals surface area (Å²) in [5.74, 6) is -0.723. The van der Waals surface area contributed by atoms with Gasteiger partial charge in [-0.25, -0.2) is 0 Å². The van der Waals surface area contributed by atoms with E-state index in [9.17, 15) is 4.79 Å². The molecular weight excluding hydrogens is 234 g/mol. The second-order valence-electron chi connectivity index (χ2n) is 3.30. The third-order valence-corrected chi connectivity index (χ3v) is 2.96. The number of benzene rings is 1. The van der Waals surface area contributed by atoms with Gasteiger partial charge in [0.15, 0.2) is 0 Å². The van der Waals surface area contributed by atoms with E-state index in [4.69, 9.17) is 11.0 Å². The minimum absolute atomic E-state index is 0.0547. The maximum absolute atomic E-state index is 11.0. The zero-order valence-corrected chi connectivity index (χ0v) is 10.5. The molecule has 0 spiro atoms. The topological polar surface area (TPSA) is 78.9 Å². The van der Waals surface area contributed by atoms with Crippen LogP contribution in [0.25, 0.3) is 0 Å². The summed E-state index contributed by atoms with van der Waals surface area (Å²) in [5.41, 5.74) is 6.37. The van der Waals surface area contributed by atoms with Gasteiger partial charge in [-0.05, 0) is 25.3 Å². The number of anilines is 1. The number of hydrogen-bond donors (Lipinski definition) is 2. The van der Waals surface area contributed by atoms with E-state index in [0.29, 0.717) is 5.70 Å². The molecule has 1 aromatic carbocycles. The van der Waals surface area contributed by atoms with E-state index in [1.165, 1.54) is 0 Å². The third-order valence-electron chi connectivity index (χ3n) is 2.16. The van der Waals surface area contributed by atoms with E-state index in [2.05, 4.69) is 5.32 Å². The van der Waals surface area contributed by atoms with Crippen molar-refractivity contribution in [3.8, 4) is 6.07 Å². The van der Waals surface area contributed by atoms with Crippen molar-refractivity contribution in [1.29, 1.82) is 5.26 Å². The fourth-order valence-electron chi connectivity index (χ4n) is 1.34. The zero-order chi connectivity index (χ0) is 12.8. The van der Waals surface area contributed by atoms with Gasteiger partial charge in [0.2, 0.25) is 0 Å². The monoisotopic (exact) mass is 247 g/mol. The van der Waals surface area contributed by atoms with Crippen LogP contribution >= 0.6 is 11.8 Å². The standard InChI is InChI=1S/C12H13N3OS/c1-8(9(7-13)12(14)16)15-10-5-3-4-6-11(10)17-2/h3-6,15H,1-2H3,(H2,14,16). The number of nitriles is 1. The highest BCUT2D eigenvalue weighted by Crippen LogP contribution is 2.26. The lowest BCUT2D eigenvalue weighted by molar-refractivity contribution is -0.114. The van der Waals surface area contributed by atoms with Crippen LogP contribution in [0.1, 0.15) is 6.92 Å². The molecule has 17 heavy (non-hydrogen) atoms. The van der Waals surface area contributed by atoms with Gasteiger partial charge in [0, 0.05) is 10.6 Å². The summed E-state index contributed by atoms with van der Waals surface area (Å²) in [7, 11) is 0. The predicted molar refractivity (Wildman–Crippen MR) is 69.4 cm³/mol. The molecule has 0 radical (unpaired) electrons. The van der Waals surface area contributed by atoms with Gasteiger partial charge in [0.05, 0.1) is 5.69 Å². The first-order valence-corrected chi connectivity index (χ1v) is 6.13. The van der Waals surface area contributed by atoms with Crippen LogP contribution < -0.4 is 11.1 Å². The van der Waals surface area contributed by atoms with Gasteiger partial charge in [-0.15, -0.1) is 11.8 Å². The highest BCUT2D eigenvalue weighted by atomic mass is 32.2. The number of nitrogens with one attached hydrogen (secondary N) is 1. The fraction of sp³-hybridized carbons (Fsp3) is 0.167. The summed E-state index contributed by atoms with van der Waals surface area (Å²) in [5, 5.41) is 11.8. The van der Waals surface area contributed by atoms with Crippen molar-refractivity contribution in [2.75, 3.05) is 11.6 Å². The van der Waals surface area contributed by atoms with E-state index in [-0.39, 0.29) is 5.57 Å². The minimum atomic E-state index is -0.723. The number of amides is 1. The molecule has 4 nitrogen and oxygen atoms in total. The smallest absolute Gasteiger partial charge is 0.261 e. The molecule has 3 N–H and O–H groups in total. The molecule has 0 aliphatic carbocycles. The summed E-state index contributed by atoms with van der Waals surface area (Å²) in [6.45, 7) is 1.65. The van der Waals surface area contributed by atoms with E-state index < -0.39 is 5.91 Å². The molecule has 0 aromatic heterocycles. The van der Waals surface area contributed by atoms with Gasteiger partial charge < -0.3 is 11.1 Å². The number of carbonyl (C=O) groups excluding carboxylic acids is 1. The molecule has 1 aromatic rings. The summed E-state index contributed by atoms with van der Waals surface area (Å²) < 4.78 is 0. The summed E-state index contributed by atoms with van der Waals surface area (Å²) in [4.78, 5) is 12.0. The quantitative estimate of drug-likeness (QED) is 0.485. The van der Waals surface area contributed by atoms with Crippen LogP contribution in [-0.2, 0) is 4.79 Å². The molecule has 1 rings (SSSR count). The van der Waals surface area contributed by atoms with Gasteiger partial charge in [0.1, 0.15) is 11.6 Å². The maximum Gasteiger partial charge on any atom is 0.261 e. The van der Waals surface area contributed by atoms with Crippen LogP contribution in [0.4, 0.5) is 5.69 Å². The number of primary amides is 1. The molecule has 0 bridgehead atoms. The molecule has 0 unspecified atom stereocenters. The molecule has 88 valence electrons. The van der Waals surface area contributed by atoms with Crippen LogP contribution in [0, 0.1) is 11.3 Å². The number of thioether (sulfide) groups is 1. The van der Waals surface area contributed by atoms with Crippen molar-refractivity contribution in [2.24, 2.45) is 5.73 Å². The number of allylic oxidation sites excluding steroid dienone is 1. The lowest BCUT2D eigenvalue weighted by Crippen LogP contribution is -2.16. The fourth-order valence-corrected chi connectivity index (χ4v) is 1.89. The van der Waals surface area contributed by atoms with Crippen molar-refractivity contribution in [3.63, 3.8) is 0 Å². The first kappa shape index (κ1) is 13.1. The van der Waals surface area contributed by atoms with Crippen LogP contribution in [0.2, 0.25) is 0 Å². The molecule has 0 aliphatic rings. The number of carbonyl (C=O) groups is 1. The van der Waals surface area contributed by atoms with Crippen LogP contribution in [0.3, 0.4) is 0 Å². The van der Waals surface area contributed by atoms with Gasteiger partial charge in [-0.2, -0.15) is 5.26 Å². The maximum atomic E-state index is 11.0. The Morgan fingerprint density at radius 1 is 1.47 bits per heavy atom. The summed E-state index contributed by atoms with van der Waals surface area (Å²) >= 11 is 1.58. The average Bonchev–Trinajstić information content (AvgIpc) is 2.30. The van der Waals surface area contributed by atoms with Gasteiger partial charge in [0.25, 0.3) is 5.91 Å². The van der Waals surface area contributed by atoms with Gasteiger partial charge in [-0.3, -0.25) is 4.79 Å². The highest BCUT2D eigenvalue weighted by molar-refractivity contribution is 7.98. The number of hydrogen-bond acceptors (Lipinski definition) is 4. The molecule has 0 saturated heterocycles. The molecule has 0 fully saturated rings.